The van der Waals surface area contributed by atoms with Gasteiger partial charge in [-0.25, -0.2) is 0 Å². The Kier molecular flexibility index (Phi) is 5.98. The van der Waals surface area contributed by atoms with Gasteiger partial charge in [0.25, 0.3) is 11.8 Å². The van der Waals surface area contributed by atoms with Crippen molar-refractivity contribution in [3.63, 3.8) is 0 Å². The second-order valence-corrected chi connectivity index (χ2v) is 7.87. The fourth-order valence-electron chi connectivity index (χ4n) is 3.39. The van der Waals surface area contributed by atoms with Gasteiger partial charge < -0.3 is 15.4 Å². The van der Waals surface area contributed by atoms with Crippen LogP contribution >= 0.6 is 0 Å². The number of anilines is 1. The van der Waals surface area contributed by atoms with Crippen molar-refractivity contribution in [2.24, 2.45) is 0 Å². The molecule has 1 fully saturated rings. The van der Waals surface area contributed by atoms with E-state index in [1.165, 1.54) is 0 Å². The van der Waals surface area contributed by atoms with Gasteiger partial charge in [0.05, 0.1) is 0 Å². The van der Waals surface area contributed by atoms with Crippen molar-refractivity contribution in [2.75, 3.05) is 5.32 Å². The summed E-state index contributed by atoms with van der Waals surface area (Å²) in [5.41, 5.74) is 4.40. The third-order valence-corrected chi connectivity index (χ3v) is 5.12. The molecule has 0 atom stereocenters. The van der Waals surface area contributed by atoms with Crippen LogP contribution in [0.1, 0.15) is 50.2 Å². The Morgan fingerprint density at radius 1 is 1.00 bits per heavy atom. The van der Waals surface area contributed by atoms with Crippen LogP contribution in [0, 0.1) is 13.8 Å². The molecular weight excluding hydrogens is 390 g/mol. The standard InChI is InChI=1S/C25H25N3O3/c1-16-11-20(12-17(2)23(16)31-15-18-5-4-10-26-14-18)25(30)28-22-7-3-6-19(13-22)24(29)27-21-8-9-21/h3-7,10-14,21H,8-9,15H2,1-2H3,(H,27,29)(H,28,30). The maximum absolute atomic E-state index is 12.8. The highest BCUT2D eigenvalue weighted by Crippen LogP contribution is 2.26. The quantitative estimate of drug-likeness (QED) is 0.599. The number of ether oxygens (including phenoxy) is 1. The highest BCUT2D eigenvalue weighted by molar-refractivity contribution is 6.05. The average Bonchev–Trinajstić information content (AvgIpc) is 3.58. The van der Waals surface area contributed by atoms with Gasteiger partial charge in [0.2, 0.25) is 0 Å². The Labute approximate surface area is 181 Å². The lowest BCUT2D eigenvalue weighted by molar-refractivity contribution is 0.0949. The first kappa shape index (κ1) is 20.6. The van der Waals surface area contributed by atoms with Crippen molar-refractivity contribution in [2.45, 2.75) is 39.3 Å². The number of nitrogens with one attached hydrogen (secondary N) is 2. The second-order valence-electron chi connectivity index (χ2n) is 7.87. The van der Waals surface area contributed by atoms with Gasteiger partial charge in [-0.1, -0.05) is 12.1 Å². The monoisotopic (exact) mass is 415 g/mol. The molecular formula is C25H25N3O3. The molecule has 6 nitrogen and oxygen atoms in total. The Balaban J connectivity index is 1.44. The molecule has 2 aromatic carbocycles. The molecule has 1 aromatic heterocycles. The van der Waals surface area contributed by atoms with Crippen LogP contribution < -0.4 is 15.4 Å². The SMILES string of the molecule is Cc1cc(C(=O)Nc2cccc(C(=O)NC3CC3)c2)cc(C)c1OCc1cccnc1. The van der Waals surface area contributed by atoms with Gasteiger partial charge in [-0.3, -0.25) is 14.6 Å². The van der Waals surface area contributed by atoms with Crippen LogP contribution in [0.25, 0.3) is 0 Å². The number of aryl methyl sites for hydroxylation is 2. The Morgan fingerprint density at radius 3 is 2.45 bits per heavy atom. The van der Waals surface area contributed by atoms with E-state index in [0.717, 1.165) is 35.3 Å². The number of benzene rings is 2. The van der Waals surface area contributed by atoms with Gasteiger partial charge in [-0.05, 0) is 74.2 Å². The van der Waals surface area contributed by atoms with E-state index in [0.29, 0.717) is 23.4 Å². The summed E-state index contributed by atoms with van der Waals surface area (Å²) in [5, 5.41) is 5.84. The van der Waals surface area contributed by atoms with E-state index in [1.54, 1.807) is 36.7 Å². The molecule has 2 amide bonds. The molecule has 1 aliphatic rings. The van der Waals surface area contributed by atoms with Crippen LogP contribution in [0.3, 0.4) is 0 Å². The highest BCUT2D eigenvalue weighted by Gasteiger charge is 2.24. The lowest BCUT2D eigenvalue weighted by atomic mass is 10.0. The average molecular weight is 415 g/mol. The molecule has 31 heavy (non-hydrogen) atoms. The minimum Gasteiger partial charge on any atom is -0.488 e. The third kappa shape index (κ3) is 5.28. The fraction of sp³-hybridized carbons (Fsp3) is 0.240. The van der Waals surface area contributed by atoms with Crippen molar-refractivity contribution < 1.29 is 14.3 Å². The zero-order valence-corrected chi connectivity index (χ0v) is 17.6. The van der Waals surface area contributed by atoms with Gasteiger partial charge >= 0.3 is 0 Å². The van der Waals surface area contributed by atoms with Crippen molar-refractivity contribution in [1.82, 2.24) is 10.3 Å². The zero-order valence-electron chi connectivity index (χ0n) is 17.6. The predicted molar refractivity (Wildman–Crippen MR) is 119 cm³/mol. The highest BCUT2D eigenvalue weighted by atomic mass is 16.5. The summed E-state index contributed by atoms with van der Waals surface area (Å²) in [7, 11) is 0. The minimum absolute atomic E-state index is 0.111. The molecule has 1 saturated carbocycles. The second kappa shape index (κ2) is 9.00. The van der Waals surface area contributed by atoms with E-state index in [9.17, 15) is 9.59 Å². The molecule has 0 radical (unpaired) electrons. The molecule has 2 N–H and O–H groups in total. The summed E-state index contributed by atoms with van der Waals surface area (Å²) in [6.45, 7) is 4.26. The molecule has 0 spiro atoms. The first-order chi connectivity index (χ1) is 15.0. The van der Waals surface area contributed by atoms with Gasteiger partial charge in [-0.15, -0.1) is 0 Å². The molecule has 158 valence electrons. The van der Waals surface area contributed by atoms with E-state index in [1.807, 2.05) is 38.1 Å². The van der Waals surface area contributed by atoms with E-state index < -0.39 is 0 Å². The molecule has 0 saturated heterocycles. The Hall–Kier alpha value is -3.67. The van der Waals surface area contributed by atoms with Crippen LogP contribution in [0.4, 0.5) is 5.69 Å². The maximum Gasteiger partial charge on any atom is 0.255 e. The minimum atomic E-state index is -0.232. The number of nitrogens with zero attached hydrogens (tertiary/aromatic N) is 1. The number of carbonyl (C=O) groups is 2. The van der Waals surface area contributed by atoms with E-state index >= 15 is 0 Å². The molecule has 6 heteroatoms. The van der Waals surface area contributed by atoms with Crippen LogP contribution in [-0.4, -0.2) is 22.8 Å². The summed E-state index contributed by atoms with van der Waals surface area (Å²) in [6.07, 6.45) is 5.56. The topological polar surface area (TPSA) is 80.3 Å². The molecule has 1 heterocycles. The number of rotatable bonds is 7. The Bertz CT molecular complexity index is 1090. The first-order valence-corrected chi connectivity index (χ1v) is 10.3. The van der Waals surface area contributed by atoms with Gasteiger partial charge in [0.15, 0.2) is 0 Å². The maximum atomic E-state index is 12.8. The van der Waals surface area contributed by atoms with Crippen LogP contribution in [0.2, 0.25) is 0 Å². The van der Waals surface area contributed by atoms with Crippen molar-refractivity contribution >= 4 is 17.5 Å². The lowest BCUT2D eigenvalue weighted by Gasteiger charge is -2.14. The molecule has 0 bridgehead atoms. The first-order valence-electron chi connectivity index (χ1n) is 10.3. The number of hydrogen-bond donors (Lipinski definition) is 2. The summed E-state index contributed by atoms with van der Waals surface area (Å²) in [5.74, 6) is 0.421. The zero-order chi connectivity index (χ0) is 21.8. The third-order valence-electron chi connectivity index (χ3n) is 5.12. The van der Waals surface area contributed by atoms with Gasteiger partial charge in [0, 0.05) is 40.8 Å². The smallest absolute Gasteiger partial charge is 0.255 e. The predicted octanol–water partition coefficient (Wildman–Crippen LogP) is 4.42. The van der Waals surface area contributed by atoms with Gasteiger partial charge in [-0.2, -0.15) is 0 Å². The molecule has 1 aliphatic carbocycles. The lowest BCUT2D eigenvalue weighted by Crippen LogP contribution is -2.25. The summed E-state index contributed by atoms with van der Waals surface area (Å²) in [4.78, 5) is 29.2. The molecule has 4 rings (SSSR count). The summed E-state index contributed by atoms with van der Waals surface area (Å²) in [6, 6.07) is 14.7. The molecule has 0 aliphatic heterocycles. The van der Waals surface area contributed by atoms with Crippen molar-refractivity contribution in [1.29, 1.82) is 0 Å². The number of amides is 2. The van der Waals surface area contributed by atoms with E-state index in [-0.39, 0.29) is 17.9 Å². The summed E-state index contributed by atoms with van der Waals surface area (Å²) < 4.78 is 5.97. The fourth-order valence-corrected chi connectivity index (χ4v) is 3.39. The number of carbonyl (C=O) groups excluding carboxylic acids is 2. The van der Waals surface area contributed by atoms with Gasteiger partial charge in [0.1, 0.15) is 12.4 Å². The van der Waals surface area contributed by atoms with Crippen LogP contribution in [0.15, 0.2) is 60.9 Å². The largest absolute Gasteiger partial charge is 0.488 e. The van der Waals surface area contributed by atoms with Crippen LogP contribution in [0.5, 0.6) is 5.75 Å². The molecule has 3 aromatic rings. The van der Waals surface area contributed by atoms with Crippen molar-refractivity contribution in [3.05, 3.63) is 88.7 Å². The molecule has 0 unspecified atom stereocenters. The number of aromatic nitrogens is 1. The van der Waals surface area contributed by atoms with Crippen molar-refractivity contribution in [3.8, 4) is 5.75 Å². The van der Waals surface area contributed by atoms with Crippen LogP contribution in [-0.2, 0) is 6.61 Å². The van der Waals surface area contributed by atoms with E-state index in [4.69, 9.17) is 4.74 Å². The summed E-state index contributed by atoms with van der Waals surface area (Å²) >= 11 is 0. The normalized spacial score (nSPS) is 12.8. The number of pyridine rings is 1. The number of hydrogen-bond acceptors (Lipinski definition) is 4. The Morgan fingerprint density at radius 2 is 1.77 bits per heavy atom. The van der Waals surface area contributed by atoms with E-state index in [2.05, 4.69) is 15.6 Å².